The zero-order valence-corrected chi connectivity index (χ0v) is 11.7. The highest BCUT2D eigenvalue weighted by atomic mass is 16.6. The van der Waals surface area contributed by atoms with E-state index in [1.54, 1.807) is 6.92 Å². The summed E-state index contributed by atoms with van der Waals surface area (Å²) in [5.41, 5.74) is -1.15. The molecule has 1 aromatic rings. The Hall–Kier alpha value is -3.43. The van der Waals surface area contributed by atoms with Gasteiger partial charge < -0.3 is 9.84 Å². The van der Waals surface area contributed by atoms with Crippen molar-refractivity contribution < 1.29 is 29.2 Å². The summed E-state index contributed by atoms with van der Waals surface area (Å²) in [4.78, 5) is 44.3. The lowest BCUT2D eigenvalue weighted by molar-refractivity contribution is -0.398. The first kappa shape index (κ1) is 15.9. The third-order valence-corrected chi connectivity index (χ3v) is 2.81. The summed E-state index contributed by atoms with van der Waals surface area (Å²) < 4.78 is 5.03. The van der Waals surface area contributed by atoms with Gasteiger partial charge in [0.1, 0.15) is 11.3 Å². The smallest absolute Gasteiger partial charge is 0.328 e. The van der Waals surface area contributed by atoms with Crippen molar-refractivity contribution in [2.45, 2.75) is 6.92 Å². The molecule has 120 valence electrons. The lowest BCUT2D eigenvalue weighted by Gasteiger charge is -2.16. The van der Waals surface area contributed by atoms with Gasteiger partial charge in [-0.05, 0) is 24.6 Å². The molecular weight excluding hydrogens is 310 g/mol. The van der Waals surface area contributed by atoms with Crippen LogP contribution in [-0.2, 0) is 9.59 Å². The molecule has 1 saturated heterocycles. The summed E-state index contributed by atoms with van der Waals surface area (Å²) in [6, 6.07) is 1.12. The second-order valence-corrected chi connectivity index (χ2v) is 4.35. The van der Waals surface area contributed by atoms with Gasteiger partial charge in [-0.3, -0.25) is 30.3 Å². The maximum absolute atomic E-state index is 11.8. The minimum Gasteiger partial charge on any atom is -0.865 e. The molecule has 0 bridgehead atoms. The minimum absolute atomic E-state index is 0.0365. The van der Waals surface area contributed by atoms with E-state index in [2.05, 4.69) is 0 Å². The van der Waals surface area contributed by atoms with E-state index in [9.17, 15) is 29.6 Å². The number of carbonyl (C=O) groups is 3. The van der Waals surface area contributed by atoms with E-state index < -0.39 is 39.8 Å². The van der Waals surface area contributed by atoms with Crippen molar-refractivity contribution in [3.63, 3.8) is 0 Å². The van der Waals surface area contributed by atoms with Crippen molar-refractivity contribution in [3.8, 4) is 11.5 Å². The van der Waals surface area contributed by atoms with Crippen LogP contribution in [-0.4, -0.2) is 29.4 Å². The van der Waals surface area contributed by atoms with Crippen LogP contribution >= 0.6 is 0 Å². The molecule has 1 aromatic carbocycles. The number of rotatable bonds is 4. The summed E-state index contributed by atoms with van der Waals surface area (Å²) >= 11 is 0. The second kappa shape index (κ2) is 6.13. The quantitative estimate of drug-likeness (QED) is 0.338. The number of imide groups is 2. The summed E-state index contributed by atoms with van der Waals surface area (Å²) in [7, 11) is 0. The van der Waals surface area contributed by atoms with Gasteiger partial charge in [0, 0.05) is 11.8 Å². The Balaban J connectivity index is 2.52. The zero-order chi connectivity index (χ0) is 17.1. The van der Waals surface area contributed by atoms with Crippen LogP contribution in [0.3, 0.4) is 0 Å². The number of nitrogens with zero attached hydrogens (tertiary/aromatic N) is 1. The maximum Gasteiger partial charge on any atom is 0.328 e. The Morgan fingerprint density at radius 3 is 2.35 bits per heavy atom. The van der Waals surface area contributed by atoms with E-state index in [0.29, 0.717) is 0 Å². The van der Waals surface area contributed by atoms with Gasteiger partial charge in [0.05, 0.1) is 11.5 Å². The number of amides is 4. The molecule has 1 fully saturated rings. The number of ether oxygens (including phenoxy) is 1. The molecule has 10 nitrogen and oxygen atoms in total. The van der Waals surface area contributed by atoms with E-state index in [1.165, 1.54) is 6.07 Å². The number of hydrogen-bond donors (Lipinski definition) is 2. The van der Waals surface area contributed by atoms with Crippen molar-refractivity contribution in [2.75, 3.05) is 6.61 Å². The molecule has 10 heteroatoms. The summed E-state index contributed by atoms with van der Waals surface area (Å²) in [6.07, 6.45) is 1.02. The third kappa shape index (κ3) is 3.26. The Morgan fingerprint density at radius 2 is 1.83 bits per heavy atom. The van der Waals surface area contributed by atoms with Crippen LogP contribution in [0.1, 0.15) is 12.5 Å². The molecular formula is C13H10N3O7-. The summed E-state index contributed by atoms with van der Waals surface area (Å²) in [5, 5.41) is 26.5. The summed E-state index contributed by atoms with van der Waals surface area (Å²) in [6.45, 7) is 1.69. The van der Waals surface area contributed by atoms with Crippen molar-refractivity contribution in [1.82, 2.24) is 10.6 Å². The fourth-order valence-electron chi connectivity index (χ4n) is 1.86. The lowest BCUT2D eigenvalue weighted by atomic mass is 10.1. The van der Waals surface area contributed by atoms with Gasteiger partial charge in [-0.25, -0.2) is 4.79 Å². The molecule has 1 heterocycles. The van der Waals surface area contributed by atoms with Gasteiger partial charge in [-0.2, -0.15) is 0 Å². The maximum atomic E-state index is 11.8. The van der Waals surface area contributed by atoms with E-state index in [-0.39, 0.29) is 17.9 Å². The van der Waals surface area contributed by atoms with Crippen LogP contribution in [0, 0.1) is 10.1 Å². The van der Waals surface area contributed by atoms with E-state index in [0.717, 1.165) is 12.1 Å². The molecule has 0 aliphatic carbocycles. The molecule has 0 atom stereocenters. The fourth-order valence-corrected chi connectivity index (χ4v) is 1.86. The molecule has 0 spiro atoms. The van der Waals surface area contributed by atoms with Crippen molar-refractivity contribution in [3.05, 3.63) is 33.4 Å². The molecule has 23 heavy (non-hydrogen) atoms. The molecule has 1 aliphatic rings. The SMILES string of the molecule is CCOc1cc(C=C2C(=O)NC(=O)NC2=O)cc([N+](=O)[O-])c1[O-]. The van der Waals surface area contributed by atoms with Crippen LogP contribution in [0.5, 0.6) is 11.5 Å². The van der Waals surface area contributed by atoms with Crippen LogP contribution < -0.4 is 20.5 Å². The van der Waals surface area contributed by atoms with Crippen LogP contribution in [0.2, 0.25) is 0 Å². The first-order valence-electron chi connectivity index (χ1n) is 6.34. The second-order valence-electron chi connectivity index (χ2n) is 4.35. The number of hydrogen-bond acceptors (Lipinski definition) is 7. The number of nitro benzene ring substituents is 1. The first-order chi connectivity index (χ1) is 10.8. The Morgan fingerprint density at radius 1 is 1.22 bits per heavy atom. The van der Waals surface area contributed by atoms with Crippen LogP contribution in [0.4, 0.5) is 10.5 Å². The van der Waals surface area contributed by atoms with Crippen molar-refractivity contribution in [2.24, 2.45) is 0 Å². The van der Waals surface area contributed by atoms with Gasteiger partial charge in [0.15, 0.2) is 0 Å². The molecule has 1 aliphatic heterocycles. The normalized spacial score (nSPS) is 14.1. The Bertz CT molecular complexity index is 732. The fraction of sp³-hybridized carbons (Fsp3) is 0.154. The third-order valence-electron chi connectivity index (χ3n) is 2.81. The van der Waals surface area contributed by atoms with Crippen molar-refractivity contribution in [1.29, 1.82) is 0 Å². The van der Waals surface area contributed by atoms with Crippen LogP contribution in [0.15, 0.2) is 17.7 Å². The van der Waals surface area contributed by atoms with Gasteiger partial charge in [0.2, 0.25) is 0 Å². The van der Waals surface area contributed by atoms with Gasteiger partial charge in [0.25, 0.3) is 17.5 Å². The molecule has 2 N–H and O–H groups in total. The molecule has 4 amide bonds. The predicted molar refractivity (Wildman–Crippen MR) is 73.4 cm³/mol. The minimum atomic E-state index is -0.965. The van der Waals surface area contributed by atoms with E-state index >= 15 is 0 Å². The zero-order valence-electron chi connectivity index (χ0n) is 11.7. The molecule has 2 rings (SSSR count). The van der Waals surface area contributed by atoms with E-state index in [4.69, 9.17) is 4.74 Å². The number of urea groups is 1. The molecule has 0 aromatic heterocycles. The number of nitro groups is 1. The van der Waals surface area contributed by atoms with Gasteiger partial charge in [-0.1, -0.05) is 0 Å². The average molecular weight is 320 g/mol. The van der Waals surface area contributed by atoms with Gasteiger partial charge in [-0.15, -0.1) is 0 Å². The Kier molecular flexibility index (Phi) is 4.25. The first-order valence-corrected chi connectivity index (χ1v) is 6.34. The standard InChI is InChI=1S/C13H11N3O7/c1-2-23-9-5-6(4-8(10(9)17)16(21)22)3-7-11(18)14-13(20)15-12(7)19/h3-5,17H,2H2,1H3,(H2,14,15,18,19,20)/p-1. The molecule has 0 radical (unpaired) electrons. The number of benzene rings is 1. The van der Waals surface area contributed by atoms with E-state index in [1.807, 2.05) is 10.6 Å². The topological polar surface area (TPSA) is 151 Å². The predicted octanol–water partition coefficient (Wildman–Crippen LogP) is -0.184. The Labute approximate surface area is 128 Å². The molecule has 0 saturated carbocycles. The van der Waals surface area contributed by atoms with Crippen LogP contribution in [0.25, 0.3) is 6.08 Å². The molecule has 0 unspecified atom stereocenters. The number of barbiturate groups is 1. The average Bonchev–Trinajstić information content (AvgIpc) is 2.45. The highest BCUT2D eigenvalue weighted by Gasteiger charge is 2.28. The van der Waals surface area contributed by atoms with Gasteiger partial charge >= 0.3 is 6.03 Å². The number of carbonyl (C=O) groups excluding carboxylic acids is 3. The highest BCUT2D eigenvalue weighted by molar-refractivity contribution is 6.31. The lowest BCUT2D eigenvalue weighted by Crippen LogP contribution is -2.51. The van der Waals surface area contributed by atoms with Crippen molar-refractivity contribution >= 4 is 29.6 Å². The highest BCUT2D eigenvalue weighted by Crippen LogP contribution is 2.35. The summed E-state index contributed by atoms with van der Waals surface area (Å²) in [5.74, 6) is -3.09. The monoisotopic (exact) mass is 320 g/mol. The largest absolute Gasteiger partial charge is 0.865 e. The number of nitrogens with one attached hydrogen (secondary N) is 2.